The average molecular weight is 478 g/mol. The highest BCUT2D eigenvalue weighted by Crippen LogP contribution is 2.14. The summed E-state index contributed by atoms with van der Waals surface area (Å²) >= 11 is 0. The molecule has 0 N–H and O–H groups in total. The summed E-state index contributed by atoms with van der Waals surface area (Å²) in [7, 11) is 0. The summed E-state index contributed by atoms with van der Waals surface area (Å²) in [6.07, 6.45) is 0. The van der Waals surface area contributed by atoms with Crippen LogP contribution in [0.2, 0.25) is 0 Å². The maximum atomic E-state index is 13.4. The highest BCUT2D eigenvalue weighted by atomic mass is 19.1. The van der Waals surface area contributed by atoms with Gasteiger partial charge in [-0.05, 0) is 61.0 Å². The number of carbonyl (C=O) groups excluding carboxylic acids is 2. The molecular weight excluding hydrogens is 448 g/mol. The summed E-state index contributed by atoms with van der Waals surface area (Å²) in [6.45, 7) is 6.06. The standard InChI is InChI=1S/C28H29F2N3O2/c1-21-2-6-23(7-3-21)28(35)33(20-22-4-10-25(29)11-5-22)19-16-31-14-17-32(18-15-31)27(34)24-8-12-26(30)13-9-24/h2-13H,14-20H2,1H3. The third-order valence-electron chi connectivity index (χ3n) is 6.31. The van der Waals surface area contributed by atoms with Crippen LogP contribution in [0, 0.1) is 18.6 Å². The van der Waals surface area contributed by atoms with Crippen LogP contribution in [0.4, 0.5) is 8.78 Å². The number of halogens is 2. The zero-order valence-corrected chi connectivity index (χ0v) is 19.8. The molecule has 0 spiro atoms. The number of carbonyl (C=O) groups is 2. The second-order valence-electron chi connectivity index (χ2n) is 8.86. The highest BCUT2D eigenvalue weighted by molar-refractivity contribution is 5.94. The third-order valence-corrected chi connectivity index (χ3v) is 6.31. The number of piperazine rings is 1. The molecule has 0 aromatic heterocycles. The van der Waals surface area contributed by atoms with Crippen molar-refractivity contribution in [2.45, 2.75) is 13.5 Å². The van der Waals surface area contributed by atoms with Crippen LogP contribution in [0.5, 0.6) is 0 Å². The van der Waals surface area contributed by atoms with Gasteiger partial charge in [-0.3, -0.25) is 14.5 Å². The van der Waals surface area contributed by atoms with Crippen molar-refractivity contribution in [2.75, 3.05) is 39.3 Å². The molecule has 2 amide bonds. The monoisotopic (exact) mass is 477 g/mol. The fourth-order valence-electron chi connectivity index (χ4n) is 4.15. The molecule has 182 valence electrons. The fraction of sp³-hybridized carbons (Fsp3) is 0.286. The molecule has 3 aromatic carbocycles. The second kappa shape index (κ2) is 11.2. The van der Waals surface area contributed by atoms with Crippen LogP contribution in [0.3, 0.4) is 0 Å². The van der Waals surface area contributed by atoms with Crippen LogP contribution in [-0.2, 0) is 6.54 Å². The van der Waals surface area contributed by atoms with E-state index >= 15 is 0 Å². The molecule has 0 bridgehead atoms. The lowest BCUT2D eigenvalue weighted by Crippen LogP contribution is -2.50. The first-order valence-corrected chi connectivity index (χ1v) is 11.8. The highest BCUT2D eigenvalue weighted by Gasteiger charge is 2.23. The number of hydrogen-bond acceptors (Lipinski definition) is 3. The molecule has 4 rings (SSSR count). The Bertz CT molecular complexity index is 1140. The first-order valence-electron chi connectivity index (χ1n) is 11.8. The molecule has 0 saturated carbocycles. The summed E-state index contributed by atoms with van der Waals surface area (Å²) < 4.78 is 26.5. The van der Waals surface area contributed by atoms with Gasteiger partial charge in [-0.1, -0.05) is 29.8 Å². The Balaban J connectivity index is 1.37. The normalized spacial score (nSPS) is 14.1. The van der Waals surface area contributed by atoms with Gasteiger partial charge in [-0.25, -0.2) is 8.78 Å². The summed E-state index contributed by atoms with van der Waals surface area (Å²) in [4.78, 5) is 31.8. The van der Waals surface area contributed by atoms with Crippen molar-refractivity contribution in [1.82, 2.24) is 14.7 Å². The Labute approximate surface area is 204 Å². The SMILES string of the molecule is Cc1ccc(C(=O)N(CCN2CCN(C(=O)c3ccc(F)cc3)CC2)Cc2ccc(F)cc2)cc1. The number of aryl methyl sites for hydroxylation is 1. The molecule has 1 heterocycles. The molecule has 0 aliphatic carbocycles. The van der Waals surface area contributed by atoms with Gasteiger partial charge in [0.2, 0.25) is 0 Å². The molecule has 1 fully saturated rings. The summed E-state index contributed by atoms with van der Waals surface area (Å²) in [5, 5.41) is 0. The molecule has 0 radical (unpaired) electrons. The van der Waals surface area contributed by atoms with Crippen molar-refractivity contribution in [3.8, 4) is 0 Å². The molecule has 0 atom stereocenters. The zero-order valence-electron chi connectivity index (χ0n) is 19.8. The largest absolute Gasteiger partial charge is 0.336 e. The van der Waals surface area contributed by atoms with Gasteiger partial charge in [0.1, 0.15) is 11.6 Å². The quantitative estimate of drug-likeness (QED) is 0.508. The van der Waals surface area contributed by atoms with Crippen molar-refractivity contribution >= 4 is 11.8 Å². The molecule has 7 heteroatoms. The molecular formula is C28H29F2N3O2. The molecule has 1 saturated heterocycles. The number of benzene rings is 3. The van der Waals surface area contributed by atoms with E-state index in [1.807, 2.05) is 31.2 Å². The Morgan fingerprint density at radius 1 is 0.771 bits per heavy atom. The molecule has 1 aliphatic rings. The minimum atomic E-state index is -0.364. The van der Waals surface area contributed by atoms with Gasteiger partial charge in [0.15, 0.2) is 0 Å². The van der Waals surface area contributed by atoms with Gasteiger partial charge < -0.3 is 9.80 Å². The lowest BCUT2D eigenvalue weighted by molar-refractivity contribution is 0.0598. The van der Waals surface area contributed by atoms with Gasteiger partial charge >= 0.3 is 0 Å². The lowest BCUT2D eigenvalue weighted by atomic mass is 10.1. The predicted molar refractivity (Wildman–Crippen MR) is 131 cm³/mol. The van der Waals surface area contributed by atoms with E-state index in [0.29, 0.717) is 56.9 Å². The Kier molecular flexibility index (Phi) is 7.87. The summed E-state index contributed by atoms with van der Waals surface area (Å²) in [5.41, 5.74) is 3.04. The van der Waals surface area contributed by atoms with Crippen LogP contribution in [-0.4, -0.2) is 65.8 Å². The first-order chi connectivity index (χ1) is 16.9. The molecule has 5 nitrogen and oxygen atoms in total. The van der Waals surface area contributed by atoms with Crippen molar-refractivity contribution in [1.29, 1.82) is 0 Å². The minimum absolute atomic E-state index is 0.0700. The molecule has 1 aliphatic heterocycles. The Morgan fingerprint density at radius 2 is 1.31 bits per heavy atom. The van der Waals surface area contributed by atoms with Crippen LogP contribution >= 0.6 is 0 Å². The Morgan fingerprint density at radius 3 is 1.91 bits per heavy atom. The van der Waals surface area contributed by atoms with E-state index in [-0.39, 0.29) is 23.4 Å². The summed E-state index contributed by atoms with van der Waals surface area (Å²) in [6, 6.07) is 19.3. The lowest BCUT2D eigenvalue weighted by Gasteiger charge is -2.36. The van der Waals surface area contributed by atoms with Crippen molar-refractivity contribution in [2.24, 2.45) is 0 Å². The van der Waals surface area contributed by atoms with Gasteiger partial charge in [0.05, 0.1) is 0 Å². The van der Waals surface area contributed by atoms with Crippen molar-refractivity contribution in [3.05, 3.63) is 107 Å². The maximum absolute atomic E-state index is 13.4. The fourth-order valence-corrected chi connectivity index (χ4v) is 4.15. The van der Waals surface area contributed by atoms with Crippen molar-refractivity contribution < 1.29 is 18.4 Å². The van der Waals surface area contributed by atoms with E-state index in [4.69, 9.17) is 0 Å². The van der Waals surface area contributed by atoms with Crippen LogP contribution < -0.4 is 0 Å². The van der Waals surface area contributed by atoms with Crippen molar-refractivity contribution in [3.63, 3.8) is 0 Å². The smallest absolute Gasteiger partial charge is 0.254 e. The third kappa shape index (κ3) is 6.51. The van der Waals surface area contributed by atoms with E-state index in [1.165, 1.54) is 36.4 Å². The predicted octanol–water partition coefficient (Wildman–Crippen LogP) is 4.37. The van der Waals surface area contributed by atoms with Crippen LogP contribution in [0.15, 0.2) is 72.8 Å². The number of nitrogens with zero attached hydrogens (tertiary/aromatic N) is 3. The van der Waals surface area contributed by atoms with E-state index in [9.17, 15) is 18.4 Å². The van der Waals surface area contributed by atoms with Crippen LogP contribution in [0.25, 0.3) is 0 Å². The number of hydrogen-bond donors (Lipinski definition) is 0. The van der Waals surface area contributed by atoms with Crippen LogP contribution in [0.1, 0.15) is 31.8 Å². The van der Waals surface area contributed by atoms with Gasteiger partial charge in [0, 0.05) is 56.9 Å². The van der Waals surface area contributed by atoms with E-state index < -0.39 is 0 Å². The molecule has 35 heavy (non-hydrogen) atoms. The zero-order chi connectivity index (χ0) is 24.8. The first kappa shape index (κ1) is 24.5. The van der Waals surface area contributed by atoms with Gasteiger partial charge in [0.25, 0.3) is 11.8 Å². The van der Waals surface area contributed by atoms with E-state index in [0.717, 1.165) is 11.1 Å². The Hall–Kier alpha value is -3.58. The maximum Gasteiger partial charge on any atom is 0.254 e. The minimum Gasteiger partial charge on any atom is -0.336 e. The average Bonchev–Trinajstić information content (AvgIpc) is 2.88. The van der Waals surface area contributed by atoms with Gasteiger partial charge in [-0.2, -0.15) is 0 Å². The molecule has 0 unspecified atom stereocenters. The summed E-state index contributed by atoms with van der Waals surface area (Å²) in [5.74, 6) is -0.841. The van der Waals surface area contributed by atoms with Gasteiger partial charge in [-0.15, -0.1) is 0 Å². The molecule has 3 aromatic rings. The van der Waals surface area contributed by atoms with E-state index in [2.05, 4.69) is 4.90 Å². The topological polar surface area (TPSA) is 43.9 Å². The number of rotatable bonds is 7. The van der Waals surface area contributed by atoms with E-state index in [1.54, 1.807) is 21.9 Å². The second-order valence-corrected chi connectivity index (χ2v) is 8.86. The number of amides is 2.